The average molecular weight is 446 g/mol. The van der Waals surface area contributed by atoms with E-state index in [1.165, 1.54) is 5.56 Å². The summed E-state index contributed by atoms with van der Waals surface area (Å²) in [6, 6.07) is 17.6. The highest BCUT2D eigenvalue weighted by Crippen LogP contribution is 2.26. The molecule has 0 bridgehead atoms. The fourth-order valence-corrected chi connectivity index (χ4v) is 4.38. The molecular weight excluding hydrogens is 414 g/mol. The van der Waals surface area contributed by atoms with Gasteiger partial charge in [0.15, 0.2) is 0 Å². The van der Waals surface area contributed by atoms with Gasteiger partial charge in [0.05, 0.1) is 24.4 Å². The number of nitrogens with one attached hydrogen (secondary N) is 1. The molecule has 7 nitrogen and oxygen atoms in total. The predicted molar refractivity (Wildman–Crippen MR) is 126 cm³/mol. The zero-order chi connectivity index (χ0) is 23.4. The Morgan fingerprint density at radius 1 is 1.03 bits per heavy atom. The van der Waals surface area contributed by atoms with Crippen LogP contribution < -0.4 is 5.32 Å². The molecule has 3 aromatic rings. The molecule has 0 aliphatic carbocycles. The Morgan fingerprint density at radius 3 is 2.33 bits per heavy atom. The van der Waals surface area contributed by atoms with Gasteiger partial charge in [-0.25, -0.2) is 0 Å². The van der Waals surface area contributed by atoms with Crippen molar-refractivity contribution in [2.45, 2.75) is 51.1 Å². The molecular formula is C26H31N5O2. The van der Waals surface area contributed by atoms with Crippen LogP contribution in [-0.2, 0) is 23.1 Å². The lowest BCUT2D eigenvalue weighted by molar-refractivity contribution is -0.138. The summed E-state index contributed by atoms with van der Waals surface area (Å²) in [5, 5.41) is 11.0. The molecule has 33 heavy (non-hydrogen) atoms. The number of carbonyl (C=O) groups is 2. The van der Waals surface area contributed by atoms with Crippen molar-refractivity contribution in [1.29, 1.82) is 0 Å². The van der Waals surface area contributed by atoms with Gasteiger partial charge >= 0.3 is 0 Å². The van der Waals surface area contributed by atoms with Crippen LogP contribution in [0.1, 0.15) is 61.0 Å². The van der Waals surface area contributed by atoms with Gasteiger partial charge in [0, 0.05) is 13.6 Å². The van der Waals surface area contributed by atoms with E-state index < -0.39 is 6.04 Å². The number of aromatic nitrogens is 3. The van der Waals surface area contributed by atoms with Gasteiger partial charge in [0.25, 0.3) is 0 Å². The Morgan fingerprint density at radius 2 is 1.70 bits per heavy atom. The summed E-state index contributed by atoms with van der Waals surface area (Å²) in [5.41, 5.74) is 4.03. The van der Waals surface area contributed by atoms with Crippen LogP contribution in [0.3, 0.4) is 0 Å². The van der Waals surface area contributed by atoms with Gasteiger partial charge in [-0.05, 0) is 35.4 Å². The Balaban J connectivity index is 1.53. The van der Waals surface area contributed by atoms with Crippen molar-refractivity contribution in [3.8, 4) is 0 Å². The summed E-state index contributed by atoms with van der Waals surface area (Å²) >= 11 is 0. The van der Waals surface area contributed by atoms with Crippen LogP contribution in [0.4, 0.5) is 0 Å². The normalized spacial score (nSPS) is 16.7. The van der Waals surface area contributed by atoms with E-state index in [4.69, 9.17) is 0 Å². The molecule has 2 aromatic carbocycles. The Hall–Kier alpha value is -3.48. The minimum absolute atomic E-state index is 0.0735. The van der Waals surface area contributed by atoms with Crippen molar-refractivity contribution >= 4 is 11.8 Å². The second-order valence-electron chi connectivity index (χ2n) is 8.94. The van der Waals surface area contributed by atoms with E-state index in [1.807, 2.05) is 30.3 Å². The number of aryl methyl sites for hydroxylation is 1. The molecule has 1 fully saturated rings. The number of hydrogen-bond donors (Lipinski definition) is 1. The first-order chi connectivity index (χ1) is 15.9. The quantitative estimate of drug-likeness (QED) is 0.605. The molecule has 1 aromatic heterocycles. The van der Waals surface area contributed by atoms with Gasteiger partial charge in [-0.2, -0.15) is 0 Å². The molecule has 1 N–H and O–H groups in total. The van der Waals surface area contributed by atoms with Crippen LogP contribution >= 0.6 is 0 Å². The largest absolute Gasteiger partial charge is 0.343 e. The van der Waals surface area contributed by atoms with Crippen molar-refractivity contribution in [2.75, 3.05) is 6.54 Å². The highest BCUT2D eigenvalue weighted by atomic mass is 16.2. The molecule has 2 heterocycles. The summed E-state index contributed by atoms with van der Waals surface area (Å²) < 4.78 is 1.59. The second kappa shape index (κ2) is 9.98. The lowest BCUT2D eigenvalue weighted by Crippen LogP contribution is -2.47. The molecule has 0 radical (unpaired) electrons. The first-order valence-electron chi connectivity index (χ1n) is 11.5. The van der Waals surface area contributed by atoms with Crippen LogP contribution in [-0.4, -0.2) is 44.3 Å². The van der Waals surface area contributed by atoms with Crippen LogP contribution in [0, 0.1) is 0 Å². The van der Waals surface area contributed by atoms with Crippen molar-refractivity contribution in [1.82, 2.24) is 25.2 Å². The van der Waals surface area contributed by atoms with Crippen molar-refractivity contribution in [3.05, 3.63) is 83.2 Å². The predicted octanol–water partition coefficient (Wildman–Crippen LogP) is 3.38. The molecule has 0 spiro atoms. The molecule has 0 unspecified atom stereocenters. The second-order valence-corrected chi connectivity index (χ2v) is 8.94. The summed E-state index contributed by atoms with van der Waals surface area (Å²) in [6.45, 7) is 4.92. The fraction of sp³-hybridized carbons (Fsp3) is 0.385. The zero-order valence-electron chi connectivity index (χ0n) is 19.4. The van der Waals surface area contributed by atoms with Crippen LogP contribution in [0.2, 0.25) is 0 Å². The van der Waals surface area contributed by atoms with E-state index in [1.54, 1.807) is 22.8 Å². The number of carbonyl (C=O) groups excluding carboxylic acids is 2. The third-order valence-electron chi connectivity index (χ3n) is 6.37. The van der Waals surface area contributed by atoms with Crippen LogP contribution in [0.15, 0.2) is 60.8 Å². The van der Waals surface area contributed by atoms with Gasteiger partial charge in [-0.15, -0.1) is 5.10 Å². The maximum atomic E-state index is 13.4. The van der Waals surface area contributed by atoms with Crippen molar-refractivity contribution in [3.63, 3.8) is 0 Å². The number of nitrogens with zero attached hydrogens (tertiary/aromatic N) is 4. The Labute approximate surface area is 194 Å². The zero-order valence-corrected chi connectivity index (χ0v) is 19.4. The van der Waals surface area contributed by atoms with Crippen LogP contribution in [0.5, 0.6) is 0 Å². The molecule has 2 atom stereocenters. The summed E-state index contributed by atoms with van der Waals surface area (Å²) in [7, 11) is 1.76. The van der Waals surface area contributed by atoms with E-state index in [0.717, 1.165) is 23.2 Å². The number of rotatable bonds is 7. The number of benzene rings is 2. The fourth-order valence-electron chi connectivity index (χ4n) is 4.38. The van der Waals surface area contributed by atoms with Gasteiger partial charge in [-0.3, -0.25) is 14.3 Å². The molecule has 4 rings (SSSR count). The van der Waals surface area contributed by atoms with Gasteiger partial charge in [0.2, 0.25) is 11.8 Å². The monoisotopic (exact) mass is 445 g/mol. The highest BCUT2D eigenvalue weighted by molar-refractivity contribution is 5.89. The lowest BCUT2D eigenvalue weighted by Gasteiger charge is -2.27. The van der Waals surface area contributed by atoms with Gasteiger partial charge in [-0.1, -0.05) is 73.7 Å². The van der Waals surface area contributed by atoms with E-state index in [0.29, 0.717) is 18.9 Å². The maximum Gasteiger partial charge on any atom is 0.243 e. The van der Waals surface area contributed by atoms with E-state index in [-0.39, 0.29) is 24.3 Å². The number of amides is 2. The number of likely N-dealkylation sites (tertiary alicyclic amines) is 1. The minimum Gasteiger partial charge on any atom is -0.343 e. The van der Waals surface area contributed by atoms with E-state index in [2.05, 4.69) is 53.7 Å². The van der Waals surface area contributed by atoms with Gasteiger partial charge < -0.3 is 10.2 Å². The van der Waals surface area contributed by atoms with E-state index in [9.17, 15) is 9.59 Å². The number of hydrogen-bond acceptors (Lipinski definition) is 4. The molecule has 2 amide bonds. The van der Waals surface area contributed by atoms with Crippen molar-refractivity contribution in [2.24, 2.45) is 7.05 Å². The molecule has 7 heteroatoms. The summed E-state index contributed by atoms with van der Waals surface area (Å²) in [6.07, 6.45) is 3.25. The topological polar surface area (TPSA) is 80.1 Å². The first kappa shape index (κ1) is 22.7. The molecule has 1 aliphatic heterocycles. The SMILES string of the molecule is CC(C)c1ccc([C@@H](NC(=O)[C@@H]2CCCN2C(=O)Cc2cnnn2C)c2ccccc2)cc1. The Bertz CT molecular complexity index is 1090. The van der Waals surface area contributed by atoms with Crippen LogP contribution in [0.25, 0.3) is 0 Å². The maximum absolute atomic E-state index is 13.4. The molecule has 0 saturated carbocycles. The Kier molecular flexibility index (Phi) is 6.87. The molecule has 1 saturated heterocycles. The minimum atomic E-state index is -0.472. The standard InChI is InChI=1S/C26H31N5O2/c1-18(2)19-11-13-21(14-12-19)25(20-8-5-4-6-9-20)28-26(33)23-10-7-15-31(23)24(32)16-22-17-27-29-30(22)3/h4-6,8-9,11-14,17-18,23,25H,7,10,15-16H2,1-3H3,(H,28,33)/t23-,25-/m0/s1. The third-order valence-corrected chi connectivity index (χ3v) is 6.37. The lowest BCUT2D eigenvalue weighted by atomic mass is 9.95. The summed E-state index contributed by atoms with van der Waals surface area (Å²) in [5.74, 6) is 0.248. The van der Waals surface area contributed by atoms with Crippen molar-refractivity contribution < 1.29 is 9.59 Å². The molecule has 172 valence electrons. The highest BCUT2D eigenvalue weighted by Gasteiger charge is 2.35. The first-order valence-corrected chi connectivity index (χ1v) is 11.5. The smallest absolute Gasteiger partial charge is 0.243 e. The summed E-state index contributed by atoms with van der Waals surface area (Å²) in [4.78, 5) is 28.1. The molecule has 1 aliphatic rings. The van der Waals surface area contributed by atoms with E-state index >= 15 is 0 Å². The van der Waals surface area contributed by atoms with Gasteiger partial charge in [0.1, 0.15) is 6.04 Å². The third kappa shape index (κ3) is 5.13. The average Bonchev–Trinajstić information content (AvgIpc) is 3.47.